The minimum absolute atomic E-state index is 0.144. The van der Waals surface area contributed by atoms with Crippen molar-refractivity contribution in [3.8, 4) is 0 Å². The van der Waals surface area contributed by atoms with Gasteiger partial charge in [-0.2, -0.15) is 0 Å². The number of carbonyl (C=O) groups is 1. The van der Waals surface area contributed by atoms with E-state index in [0.717, 1.165) is 17.9 Å². The highest BCUT2D eigenvalue weighted by Crippen LogP contribution is 2.31. The second-order valence-corrected chi connectivity index (χ2v) is 9.03. The molecule has 2 rings (SSSR count). The van der Waals surface area contributed by atoms with E-state index in [9.17, 15) is 26.4 Å². The summed E-state index contributed by atoms with van der Waals surface area (Å²) in [4.78, 5) is 19.7. The Morgan fingerprint density at radius 2 is 1.94 bits per heavy atom. The standard InChI is InChI=1S/C19H20ClF3N4O3S/c1-10(7-8-31(3,29)30)25-19(28)18-24-9-14(16(27-18)17(22)23)26-11(2)12-5-4-6-13(21)15(12)20/h4-11,17,26H,1-3H3,(H,25,28)/b8-7+/t10-,11+/m1/s1. The molecule has 2 aromatic rings. The van der Waals surface area contributed by atoms with Crippen LogP contribution in [0.25, 0.3) is 0 Å². The number of halogens is 4. The zero-order chi connectivity index (χ0) is 23.3. The number of hydrogen-bond acceptors (Lipinski definition) is 6. The van der Waals surface area contributed by atoms with Crippen LogP contribution in [0, 0.1) is 5.82 Å². The van der Waals surface area contributed by atoms with Gasteiger partial charge in [0.25, 0.3) is 12.3 Å². The van der Waals surface area contributed by atoms with Gasteiger partial charge >= 0.3 is 0 Å². The van der Waals surface area contributed by atoms with Gasteiger partial charge in [-0.05, 0) is 25.5 Å². The van der Waals surface area contributed by atoms with Crippen LogP contribution in [0.3, 0.4) is 0 Å². The predicted octanol–water partition coefficient (Wildman–Crippen LogP) is 4.06. The van der Waals surface area contributed by atoms with Crippen LogP contribution < -0.4 is 10.6 Å². The van der Waals surface area contributed by atoms with Gasteiger partial charge in [-0.1, -0.05) is 29.8 Å². The molecule has 2 N–H and O–H groups in total. The van der Waals surface area contributed by atoms with Gasteiger partial charge in [0.15, 0.2) is 9.84 Å². The smallest absolute Gasteiger partial charge is 0.289 e. The first-order chi connectivity index (χ1) is 14.4. The van der Waals surface area contributed by atoms with Crippen LogP contribution in [0.1, 0.15) is 48.2 Å². The molecule has 0 fully saturated rings. The number of carbonyl (C=O) groups excluding carboxylic acids is 1. The average Bonchev–Trinajstić information content (AvgIpc) is 2.68. The van der Waals surface area contributed by atoms with Crippen LogP contribution in [-0.2, 0) is 9.84 Å². The zero-order valence-corrected chi connectivity index (χ0v) is 18.3. The fraction of sp³-hybridized carbons (Fsp3) is 0.316. The summed E-state index contributed by atoms with van der Waals surface area (Å²) in [6.45, 7) is 3.08. The number of aromatic nitrogens is 2. The van der Waals surface area contributed by atoms with E-state index in [1.807, 2.05) is 0 Å². The third-order valence-electron chi connectivity index (χ3n) is 4.02. The SMILES string of the molecule is C[C@H](/C=C/S(C)(=O)=O)NC(=O)c1ncc(N[C@@H](C)c2cccc(F)c2Cl)c(C(F)F)n1. The van der Waals surface area contributed by atoms with Crippen molar-refractivity contribution in [3.63, 3.8) is 0 Å². The first-order valence-corrected chi connectivity index (χ1v) is 11.3. The van der Waals surface area contributed by atoms with Gasteiger partial charge in [0.1, 0.15) is 11.5 Å². The number of nitrogens with zero attached hydrogens (tertiary/aromatic N) is 2. The highest BCUT2D eigenvalue weighted by molar-refractivity contribution is 7.93. The van der Waals surface area contributed by atoms with E-state index < -0.39 is 51.6 Å². The van der Waals surface area contributed by atoms with Crippen LogP contribution in [0.4, 0.5) is 18.9 Å². The van der Waals surface area contributed by atoms with Gasteiger partial charge in [0.05, 0.1) is 22.9 Å². The van der Waals surface area contributed by atoms with Crippen LogP contribution in [-0.4, -0.2) is 36.6 Å². The maximum atomic E-state index is 13.7. The molecule has 0 unspecified atom stereocenters. The summed E-state index contributed by atoms with van der Waals surface area (Å²) >= 11 is 5.94. The Balaban J connectivity index is 2.23. The summed E-state index contributed by atoms with van der Waals surface area (Å²) in [5.74, 6) is -2.03. The minimum atomic E-state index is -3.39. The highest BCUT2D eigenvalue weighted by Gasteiger charge is 2.22. The number of anilines is 1. The largest absolute Gasteiger partial charge is 0.376 e. The van der Waals surface area contributed by atoms with Gasteiger partial charge in [0.2, 0.25) is 5.82 Å². The van der Waals surface area contributed by atoms with Gasteiger partial charge in [-0.25, -0.2) is 31.6 Å². The first-order valence-electron chi connectivity index (χ1n) is 8.93. The second kappa shape index (κ2) is 10.1. The Bertz CT molecular complexity index is 1100. The number of alkyl halides is 2. The van der Waals surface area contributed by atoms with E-state index in [0.29, 0.717) is 5.56 Å². The van der Waals surface area contributed by atoms with Crippen molar-refractivity contribution in [2.45, 2.75) is 32.4 Å². The number of sulfone groups is 1. The van der Waals surface area contributed by atoms with E-state index in [1.54, 1.807) is 13.0 Å². The van der Waals surface area contributed by atoms with Crippen LogP contribution in [0.15, 0.2) is 35.9 Å². The average molecular weight is 477 g/mol. The van der Waals surface area contributed by atoms with Crippen molar-refractivity contribution < 1.29 is 26.4 Å². The molecule has 2 atom stereocenters. The molecule has 1 heterocycles. The fourth-order valence-electron chi connectivity index (χ4n) is 2.53. The van der Waals surface area contributed by atoms with Crippen molar-refractivity contribution in [1.29, 1.82) is 0 Å². The quantitative estimate of drug-likeness (QED) is 0.596. The van der Waals surface area contributed by atoms with E-state index in [-0.39, 0.29) is 10.7 Å². The molecule has 12 heteroatoms. The molecule has 0 radical (unpaired) electrons. The van der Waals surface area contributed by atoms with Crippen LogP contribution in [0.2, 0.25) is 5.02 Å². The van der Waals surface area contributed by atoms with E-state index in [2.05, 4.69) is 20.6 Å². The molecule has 0 aliphatic heterocycles. The lowest BCUT2D eigenvalue weighted by Gasteiger charge is -2.19. The molecule has 7 nitrogen and oxygen atoms in total. The third kappa shape index (κ3) is 6.93. The van der Waals surface area contributed by atoms with Crippen LogP contribution in [0.5, 0.6) is 0 Å². The summed E-state index contributed by atoms with van der Waals surface area (Å²) < 4.78 is 63.0. The lowest BCUT2D eigenvalue weighted by atomic mass is 10.1. The van der Waals surface area contributed by atoms with E-state index in [4.69, 9.17) is 11.6 Å². The Kier molecular flexibility index (Phi) is 8.02. The Labute approximate surface area is 182 Å². The molecular formula is C19H20ClF3N4O3S. The van der Waals surface area contributed by atoms with Gasteiger partial charge in [0, 0.05) is 17.7 Å². The van der Waals surface area contributed by atoms with Crippen molar-refractivity contribution >= 4 is 33.0 Å². The number of benzene rings is 1. The molecule has 0 spiro atoms. The maximum absolute atomic E-state index is 13.7. The molecule has 1 aromatic carbocycles. The topological polar surface area (TPSA) is 101 Å². The molecule has 168 valence electrons. The Hall–Kier alpha value is -2.66. The molecule has 1 aromatic heterocycles. The molecule has 0 bridgehead atoms. The molecule has 0 aliphatic carbocycles. The monoisotopic (exact) mass is 476 g/mol. The van der Waals surface area contributed by atoms with Gasteiger partial charge in [-0.15, -0.1) is 0 Å². The zero-order valence-electron chi connectivity index (χ0n) is 16.7. The normalized spacial score (nSPS) is 13.9. The fourth-order valence-corrected chi connectivity index (χ4v) is 3.34. The lowest BCUT2D eigenvalue weighted by Crippen LogP contribution is -2.32. The summed E-state index contributed by atoms with van der Waals surface area (Å²) in [7, 11) is -3.39. The van der Waals surface area contributed by atoms with Crippen molar-refractivity contribution in [2.75, 3.05) is 11.6 Å². The van der Waals surface area contributed by atoms with Crippen molar-refractivity contribution in [2.24, 2.45) is 0 Å². The summed E-state index contributed by atoms with van der Waals surface area (Å²) in [5.41, 5.74) is -0.529. The number of rotatable bonds is 8. The summed E-state index contributed by atoms with van der Waals surface area (Å²) in [6.07, 6.45) is 0.195. The number of hydrogen-bond donors (Lipinski definition) is 2. The molecule has 31 heavy (non-hydrogen) atoms. The maximum Gasteiger partial charge on any atom is 0.289 e. The summed E-state index contributed by atoms with van der Waals surface area (Å²) in [5, 5.41) is 5.92. The van der Waals surface area contributed by atoms with E-state index >= 15 is 0 Å². The Morgan fingerprint density at radius 3 is 2.55 bits per heavy atom. The number of amides is 1. The van der Waals surface area contributed by atoms with Gasteiger partial charge < -0.3 is 10.6 Å². The van der Waals surface area contributed by atoms with E-state index in [1.165, 1.54) is 25.1 Å². The van der Waals surface area contributed by atoms with Gasteiger partial charge in [-0.3, -0.25) is 4.79 Å². The molecule has 0 aliphatic rings. The lowest BCUT2D eigenvalue weighted by molar-refractivity contribution is 0.0934. The van der Waals surface area contributed by atoms with Crippen LogP contribution >= 0.6 is 11.6 Å². The first kappa shape index (κ1) is 24.6. The number of nitrogens with one attached hydrogen (secondary N) is 2. The Morgan fingerprint density at radius 1 is 1.26 bits per heavy atom. The van der Waals surface area contributed by atoms with Crippen molar-refractivity contribution in [3.05, 3.63) is 63.8 Å². The summed E-state index contributed by atoms with van der Waals surface area (Å²) in [6, 6.07) is 2.77. The molecule has 0 saturated carbocycles. The highest BCUT2D eigenvalue weighted by atomic mass is 35.5. The molecular weight excluding hydrogens is 457 g/mol. The predicted molar refractivity (Wildman–Crippen MR) is 111 cm³/mol. The second-order valence-electron chi connectivity index (χ2n) is 6.72. The minimum Gasteiger partial charge on any atom is -0.376 e. The third-order valence-corrected chi connectivity index (χ3v) is 5.07. The molecule has 1 amide bonds. The van der Waals surface area contributed by atoms with Crippen molar-refractivity contribution in [1.82, 2.24) is 15.3 Å². The molecule has 0 saturated heterocycles.